The van der Waals surface area contributed by atoms with Crippen molar-refractivity contribution >= 4 is 17.4 Å². The third-order valence-corrected chi connectivity index (χ3v) is 3.01. The molecule has 0 atom stereocenters. The number of anilines is 2. The van der Waals surface area contributed by atoms with Gasteiger partial charge in [0.1, 0.15) is 11.5 Å². The van der Waals surface area contributed by atoms with Gasteiger partial charge in [-0.1, -0.05) is 6.92 Å². The predicted molar refractivity (Wildman–Crippen MR) is 63.5 cm³/mol. The van der Waals surface area contributed by atoms with Gasteiger partial charge in [0.15, 0.2) is 0 Å². The number of aryl methyl sites for hydroxylation is 2. The summed E-state index contributed by atoms with van der Waals surface area (Å²) in [7, 11) is 1.88. The van der Waals surface area contributed by atoms with Gasteiger partial charge in [0.05, 0.1) is 11.1 Å². The van der Waals surface area contributed by atoms with Gasteiger partial charge < -0.3 is 10.6 Å². The van der Waals surface area contributed by atoms with Crippen molar-refractivity contribution in [3.05, 3.63) is 5.69 Å². The number of rotatable bonds is 1. The lowest BCUT2D eigenvalue weighted by molar-refractivity contribution is -0.123. The van der Waals surface area contributed by atoms with Crippen molar-refractivity contribution in [3.63, 3.8) is 0 Å². The second-order valence-electron chi connectivity index (χ2n) is 4.84. The molecule has 2 N–H and O–H groups in total. The van der Waals surface area contributed by atoms with Gasteiger partial charge in [-0.25, -0.2) is 0 Å². The molecule has 0 aliphatic carbocycles. The molecule has 1 amide bonds. The van der Waals surface area contributed by atoms with E-state index in [9.17, 15) is 4.79 Å². The van der Waals surface area contributed by atoms with Crippen LogP contribution in [0.15, 0.2) is 0 Å². The van der Waals surface area contributed by atoms with E-state index in [2.05, 4.69) is 15.7 Å². The Hall–Kier alpha value is -1.52. The molecule has 1 aromatic heterocycles. The minimum absolute atomic E-state index is 0.0430. The van der Waals surface area contributed by atoms with Crippen molar-refractivity contribution in [2.45, 2.75) is 27.2 Å². The molecular formula is C11H18N4O. The topological polar surface area (TPSA) is 59.0 Å². The molecule has 1 aromatic rings. The number of fused-ring (bicyclic) bond motifs is 1. The Morgan fingerprint density at radius 1 is 1.50 bits per heavy atom. The molecule has 0 saturated heterocycles. The number of nitrogens with one attached hydrogen (secondary N) is 2. The van der Waals surface area contributed by atoms with E-state index in [0.717, 1.165) is 23.6 Å². The largest absolute Gasteiger partial charge is 0.367 e. The van der Waals surface area contributed by atoms with Crippen LogP contribution in [0.2, 0.25) is 0 Å². The summed E-state index contributed by atoms with van der Waals surface area (Å²) in [4.78, 5) is 12.0. The Labute approximate surface area is 95.2 Å². The first kappa shape index (κ1) is 11.0. The summed E-state index contributed by atoms with van der Waals surface area (Å²) in [6, 6.07) is 0. The number of hydrogen-bond acceptors (Lipinski definition) is 3. The molecule has 0 aromatic carbocycles. The van der Waals surface area contributed by atoms with E-state index in [4.69, 9.17) is 0 Å². The Bertz CT molecular complexity index is 433. The summed E-state index contributed by atoms with van der Waals surface area (Å²) < 4.78 is 1.79. The van der Waals surface area contributed by atoms with Crippen LogP contribution in [0.3, 0.4) is 0 Å². The maximum absolute atomic E-state index is 12.0. The van der Waals surface area contributed by atoms with Crippen molar-refractivity contribution in [3.8, 4) is 0 Å². The van der Waals surface area contributed by atoms with E-state index in [0.29, 0.717) is 6.54 Å². The minimum atomic E-state index is -0.399. The fraction of sp³-hybridized carbons (Fsp3) is 0.636. The molecule has 0 bridgehead atoms. The lowest BCUT2D eigenvalue weighted by Gasteiger charge is -2.20. The van der Waals surface area contributed by atoms with Gasteiger partial charge in [0, 0.05) is 13.6 Å². The maximum atomic E-state index is 12.0. The van der Waals surface area contributed by atoms with Crippen molar-refractivity contribution < 1.29 is 4.79 Å². The van der Waals surface area contributed by atoms with Crippen molar-refractivity contribution in [2.75, 3.05) is 17.2 Å². The Balaban J connectivity index is 2.45. The lowest BCUT2D eigenvalue weighted by Crippen LogP contribution is -2.34. The van der Waals surface area contributed by atoms with Crippen LogP contribution >= 0.6 is 0 Å². The first-order valence-corrected chi connectivity index (χ1v) is 5.57. The van der Waals surface area contributed by atoms with Gasteiger partial charge in [-0.2, -0.15) is 5.10 Å². The summed E-state index contributed by atoms with van der Waals surface area (Å²) in [6.07, 6.45) is 0.811. The first-order valence-electron chi connectivity index (χ1n) is 5.57. The Morgan fingerprint density at radius 2 is 2.19 bits per heavy atom. The summed E-state index contributed by atoms with van der Waals surface area (Å²) >= 11 is 0. The second kappa shape index (κ2) is 3.50. The quantitative estimate of drug-likeness (QED) is 0.754. The molecule has 16 heavy (non-hydrogen) atoms. The molecule has 2 rings (SSSR count). The van der Waals surface area contributed by atoms with Gasteiger partial charge >= 0.3 is 0 Å². The standard InChI is InChI=1S/C11H18N4O/c1-5-7-8-9(15(4)14-7)12-6-11(2,3)10(16)13-8/h12H,5-6H2,1-4H3,(H,13,16). The zero-order valence-electron chi connectivity index (χ0n) is 10.2. The maximum Gasteiger partial charge on any atom is 0.231 e. The molecule has 0 spiro atoms. The smallest absolute Gasteiger partial charge is 0.231 e. The van der Waals surface area contributed by atoms with Crippen LogP contribution in [0.25, 0.3) is 0 Å². The molecule has 0 fully saturated rings. The zero-order valence-corrected chi connectivity index (χ0v) is 10.2. The number of amides is 1. The molecule has 0 saturated carbocycles. The molecular weight excluding hydrogens is 204 g/mol. The van der Waals surface area contributed by atoms with Crippen LogP contribution in [0.4, 0.5) is 11.5 Å². The highest BCUT2D eigenvalue weighted by Gasteiger charge is 2.33. The van der Waals surface area contributed by atoms with E-state index in [1.54, 1.807) is 4.68 Å². The fourth-order valence-electron chi connectivity index (χ4n) is 1.83. The van der Waals surface area contributed by atoms with E-state index < -0.39 is 5.41 Å². The number of hydrogen-bond donors (Lipinski definition) is 2. The average Bonchev–Trinajstić information content (AvgIpc) is 2.45. The van der Waals surface area contributed by atoms with Crippen molar-refractivity contribution in [1.82, 2.24) is 9.78 Å². The SMILES string of the molecule is CCc1nn(C)c2c1NC(=O)C(C)(C)CN2. The summed E-state index contributed by atoms with van der Waals surface area (Å²) in [5.74, 6) is 0.942. The van der Waals surface area contributed by atoms with E-state index >= 15 is 0 Å². The molecule has 5 heteroatoms. The number of carbonyl (C=O) groups excluding carboxylic acids is 1. The summed E-state index contributed by atoms with van der Waals surface area (Å²) in [6.45, 7) is 6.51. The second-order valence-corrected chi connectivity index (χ2v) is 4.84. The van der Waals surface area contributed by atoms with Crippen LogP contribution < -0.4 is 10.6 Å². The summed E-state index contributed by atoms with van der Waals surface area (Å²) in [5, 5.41) is 10.6. The zero-order chi connectivity index (χ0) is 11.9. The van der Waals surface area contributed by atoms with Gasteiger partial charge in [0.2, 0.25) is 5.91 Å². The van der Waals surface area contributed by atoms with Crippen molar-refractivity contribution in [1.29, 1.82) is 0 Å². The normalized spacial score (nSPS) is 18.4. The molecule has 1 aliphatic heterocycles. The van der Waals surface area contributed by atoms with Crippen LogP contribution in [-0.2, 0) is 18.3 Å². The Kier molecular flexibility index (Phi) is 2.40. The predicted octanol–water partition coefficient (Wildman–Crippen LogP) is 1.37. The molecule has 0 radical (unpaired) electrons. The van der Waals surface area contributed by atoms with Gasteiger partial charge in [0.25, 0.3) is 0 Å². The summed E-state index contributed by atoms with van der Waals surface area (Å²) in [5.41, 5.74) is 1.36. The van der Waals surface area contributed by atoms with E-state index in [1.807, 2.05) is 27.8 Å². The molecule has 1 aliphatic rings. The van der Waals surface area contributed by atoms with E-state index in [-0.39, 0.29) is 5.91 Å². The van der Waals surface area contributed by atoms with Gasteiger partial charge in [-0.3, -0.25) is 9.48 Å². The molecule has 5 nitrogen and oxygen atoms in total. The van der Waals surface area contributed by atoms with Crippen LogP contribution in [0.5, 0.6) is 0 Å². The minimum Gasteiger partial charge on any atom is -0.367 e. The number of nitrogens with zero attached hydrogens (tertiary/aromatic N) is 2. The fourth-order valence-corrected chi connectivity index (χ4v) is 1.83. The van der Waals surface area contributed by atoms with Crippen LogP contribution in [-0.4, -0.2) is 22.2 Å². The lowest BCUT2D eigenvalue weighted by atomic mass is 9.93. The van der Waals surface area contributed by atoms with Crippen LogP contribution in [0, 0.1) is 5.41 Å². The van der Waals surface area contributed by atoms with Gasteiger partial charge in [-0.05, 0) is 20.3 Å². The highest BCUT2D eigenvalue weighted by Crippen LogP contribution is 2.32. The highest BCUT2D eigenvalue weighted by atomic mass is 16.2. The van der Waals surface area contributed by atoms with E-state index in [1.165, 1.54) is 0 Å². The third kappa shape index (κ3) is 1.56. The number of carbonyl (C=O) groups is 1. The van der Waals surface area contributed by atoms with Gasteiger partial charge in [-0.15, -0.1) is 0 Å². The monoisotopic (exact) mass is 222 g/mol. The molecule has 88 valence electrons. The average molecular weight is 222 g/mol. The number of aromatic nitrogens is 2. The Morgan fingerprint density at radius 3 is 2.81 bits per heavy atom. The molecule has 0 unspecified atom stereocenters. The third-order valence-electron chi connectivity index (χ3n) is 3.01. The highest BCUT2D eigenvalue weighted by molar-refractivity contribution is 5.99. The van der Waals surface area contributed by atoms with Crippen molar-refractivity contribution in [2.24, 2.45) is 12.5 Å². The first-order chi connectivity index (χ1) is 7.45. The molecule has 2 heterocycles. The van der Waals surface area contributed by atoms with Crippen LogP contribution in [0.1, 0.15) is 26.5 Å².